The zero-order chi connectivity index (χ0) is 21.1. The molecule has 0 aliphatic heterocycles. The van der Waals surface area contributed by atoms with Crippen molar-refractivity contribution >= 4 is 0 Å². The highest BCUT2D eigenvalue weighted by Crippen LogP contribution is 2.31. The fourth-order valence-corrected chi connectivity index (χ4v) is 3.07. The Morgan fingerprint density at radius 1 is 0.966 bits per heavy atom. The molecule has 3 N–H and O–H groups in total. The molecule has 0 amide bonds. The maximum absolute atomic E-state index is 10.7. The molecule has 0 aliphatic carbocycles. The molecule has 0 spiro atoms. The van der Waals surface area contributed by atoms with E-state index in [1.54, 1.807) is 14.2 Å². The number of ether oxygens (including phenoxy) is 3. The second-order valence-corrected chi connectivity index (χ2v) is 6.95. The first-order chi connectivity index (χ1) is 14.1. The van der Waals surface area contributed by atoms with Gasteiger partial charge in [0.1, 0.15) is 18.5 Å². The quantitative estimate of drug-likeness (QED) is 0.446. The van der Waals surface area contributed by atoms with Crippen molar-refractivity contribution < 1.29 is 24.4 Å². The fraction of sp³-hybridized carbons (Fsp3) is 0.478. The molecule has 0 heterocycles. The number of rotatable bonds is 13. The van der Waals surface area contributed by atoms with E-state index in [0.29, 0.717) is 36.6 Å². The number of hydrogen-bond acceptors (Lipinski definition) is 6. The molecule has 0 bridgehead atoms. The largest absolute Gasteiger partial charge is 0.493 e. The Balaban J connectivity index is 1.94. The third-order valence-corrected chi connectivity index (χ3v) is 4.67. The molecular formula is C23H33NO5. The summed E-state index contributed by atoms with van der Waals surface area (Å²) in [6.07, 6.45) is 0.964. The van der Waals surface area contributed by atoms with Crippen LogP contribution in [0.1, 0.15) is 37.0 Å². The van der Waals surface area contributed by atoms with E-state index in [2.05, 4.69) is 12.2 Å². The second kappa shape index (κ2) is 12.3. The van der Waals surface area contributed by atoms with E-state index in [9.17, 15) is 10.2 Å². The van der Waals surface area contributed by atoms with Gasteiger partial charge in [0.15, 0.2) is 11.5 Å². The van der Waals surface area contributed by atoms with Crippen LogP contribution in [0.4, 0.5) is 0 Å². The molecule has 2 unspecified atom stereocenters. The van der Waals surface area contributed by atoms with Crippen molar-refractivity contribution in [1.29, 1.82) is 0 Å². The highest BCUT2D eigenvalue weighted by molar-refractivity contribution is 5.43. The molecule has 0 saturated heterocycles. The van der Waals surface area contributed by atoms with E-state index in [0.717, 1.165) is 24.1 Å². The third kappa shape index (κ3) is 7.24. The van der Waals surface area contributed by atoms with Crippen LogP contribution >= 0.6 is 0 Å². The van der Waals surface area contributed by atoms with Crippen molar-refractivity contribution in [2.24, 2.45) is 0 Å². The number of nitrogens with one attached hydrogen (secondary N) is 1. The van der Waals surface area contributed by atoms with Crippen LogP contribution in [0.15, 0.2) is 42.5 Å². The second-order valence-electron chi connectivity index (χ2n) is 6.95. The van der Waals surface area contributed by atoms with Crippen molar-refractivity contribution in [3.63, 3.8) is 0 Å². The third-order valence-electron chi connectivity index (χ3n) is 4.67. The standard InChI is InChI=1S/C23H33NO5/c1-4-13-24-15-18(25)16-29-21-8-6-5-7-19(21)20(26)11-9-17-10-12-22(27-2)23(14-17)28-3/h5-8,10,12,14,18,20,24-26H,4,9,11,13,15-16H2,1-3H3. The van der Waals surface area contributed by atoms with Crippen molar-refractivity contribution in [2.75, 3.05) is 33.9 Å². The average Bonchev–Trinajstić information content (AvgIpc) is 2.76. The van der Waals surface area contributed by atoms with E-state index < -0.39 is 12.2 Å². The van der Waals surface area contributed by atoms with Crippen LogP contribution in [-0.2, 0) is 6.42 Å². The molecule has 2 aromatic carbocycles. The SMILES string of the molecule is CCCNCC(O)COc1ccccc1C(O)CCc1ccc(OC)c(OC)c1. The maximum atomic E-state index is 10.7. The van der Waals surface area contributed by atoms with Gasteiger partial charge in [-0.2, -0.15) is 0 Å². The average molecular weight is 404 g/mol. The lowest BCUT2D eigenvalue weighted by Gasteiger charge is -2.18. The molecular weight excluding hydrogens is 370 g/mol. The van der Waals surface area contributed by atoms with E-state index >= 15 is 0 Å². The number of aryl methyl sites for hydroxylation is 1. The predicted octanol–water partition coefficient (Wildman–Crippen LogP) is 3.11. The van der Waals surface area contributed by atoms with Crippen LogP contribution in [-0.4, -0.2) is 50.2 Å². The minimum atomic E-state index is -0.672. The van der Waals surface area contributed by atoms with Crippen LogP contribution in [0.2, 0.25) is 0 Å². The van der Waals surface area contributed by atoms with Crippen molar-refractivity contribution in [2.45, 2.75) is 38.4 Å². The van der Waals surface area contributed by atoms with Crippen LogP contribution in [0.5, 0.6) is 17.2 Å². The van der Waals surface area contributed by atoms with Crippen molar-refractivity contribution in [3.05, 3.63) is 53.6 Å². The zero-order valence-electron chi connectivity index (χ0n) is 17.6. The zero-order valence-corrected chi connectivity index (χ0v) is 17.6. The lowest BCUT2D eigenvalue weighted by molar-refractivity contribution is 0.102. The number of hydrogen-bond donors (Lipinski definition) is 3. The van der Waals surface area contributed by atoms with Crippen molar-refractivity contribution in [3.8, 4) is 17.2 Å². The first-order valence-electron chi connectivity index (χ1n) is 10.1. The Bertz CT molecular complexity index is 737. The molecule has 2 atom stereocenters. The minimum Gasteiger partial charge on any atom is -0.493 e. The van der Waals surface area contributed by atoms with E-state index in [1.807, 2.05) is 42.5 Å². The Labute approximate surface area is 173 Å². The number of para-hydroxylation sites is 1. The summed E-state index contributed by atoms with van der Waals surface area (Å²) in [4.78, 5) is 0. The first-order valence-corrected chi connectivity index (χ1v) is 10.1. The number of benzene rings is 2. The molecule has 0 fully saturated rings. The van der Waals surface area contributed by atoms with Gasteiger partial charge in [-0.05, 0) is 49.6 Å². The van der Waals surface area contributed by atoms with Gasteiger partial charge in [-0.15, -0.1) is 0 Å². The van der Waals surface area contributed by atoms with Gasteiger partial charge in [-0.1, -0.05) is 31.2 Å². The Kier molecular flexibility index (Phi) is 9.77. The van der Waals surface area contributed by atoms with E-state index in [4.69, 9.17) is 14.2 Å². The summed E-state index contributed by atoms with van der Waals surface area (Å²) in [6.45, 7) is 3.60. The van der Waals surface area contributed by atoms with Crippen LogP contribution in [0.3, 0.4) is 0 Å². The van der Waals surface area contributed by atoms with Gasteiger partial charge in [0.05, 0.1) is 20.3 Å². The van der Waals surface area contributed by atoms with Crippen molar-refractivity contribution in [1.82, 2.24) is 5.32 Å². The van der Waals surface area contributed by atoms with Gasteiger partial charge in [0, 0.05) is 12.1 Å². The molecule has 0 aromatic heterocycles. The van der Waals surface area contributed by atoms with Gasteiger partial charge in [-0.3, -0.25) is 0 Å². The molecule has 160 valence electrons. The normalized spacial score (nSPS) is 13.0. The highest BCUT2D eigenvalue weighted by Gasteiger charge is 2.15. The molecule has 6 nitrogen and oxygen atoms in total. The topological polar surface area (TPSA) is 80.2 Å². The fourth-order valence-electron chi connectivity index (χ4n) is 3.07. The van der Waals surface area contributed by atoms with Gasteiger partial charge in [-0.25, -0.2) is 0 Å². The molecule has 0 radical (unpaired) electrons. The molecule has 2 rings (SSSR count). The lowest BCUT2D eigenvalue weighted by Crippen LogP contribution is -2.32. The molecule has 6 heteroatoms. The number of aliphatic hydroxyl groups excluding tert-OH is 2. The smallest absolute Gasteiger partial charge is 0.160 e. The molecule has 0 saturated carbocycles. The summed E-state index contributed by atoms with van der Waals surface area (Å²) in [5.74, 6) is 1.96. The number of aliphatic hydroxyl groups is 2. The van der Waals surface area contributed by atoms with E-state index in [-0.39, 0.29) is 6.61 Å². The highest BCUT2D eigenvalue weighted by atomic mass is 16.5. The summed E-state index contributed by atoms with van der Waals surface area (Å²) in [6, 6.07) is 13.2. The summed E-state index contributed by atoms with van der Waals surface area (Å²) in [7, 11) is 3.21. The Morgan fingerprint density at radius 2 is 1.72 bits per heavy atom. The summed E-state index contributed by atoms with van der Waals surface area (Å²) in [5, 5.41) is 23.9. The molecule has 29 heavy (non-hydrogen) atoms. The maximum Gasteiger partial charge on any atom is 0.160 e. The Morgan fingerprint density at radius 3 is 2.45 bits per heavy atom. The number of methoxy groups -OCH3 is 2. The lowest BCUT2D eigenvalue weighted by atomic mass is 10.0. The van der Waals surface area contributed by atoms with Crippen LogP contribution < -0.4 is 19.5 Å². The predicted molar refractivity (Wildman–Crippen MR) is 114 cm³/mol. The summed E-state index contributed by atoms with van der Waals surface area (Å²) < 4.78 is 16.4. The van der Waals surface area contributed by atoms with Gasteiger partial charge < -0.3 is 29.7 Å². The van der Waals surface area contributed by atoms with Crippen LogP contribution in [0, 0.1) is 0 Å². The van der Waals surface area contributed by atoms with Gasteiger partial charge >= 0.3 is 0 Å². The Hall–Kier alpha value is -2.28. The van der Waals surface area contributed by atoms with Gasteiger partial charge in [0.2, 0.25) is 0 Å². The first kappa shape index (κ1) is 23.0. The molecule has 2 aromatic rings. The molecule has 0 aliphatic rings. The summed E-state index contributed by atoms with van der Waals surface area (Å²) in [5.41, 5.74) is 1.78. The monoisotopic (exact) mass is 403 g/mol. The van der Waals surface area contributed by atoms with Gasteiger partial charge in [0.25, 0.3) is 0 Å². The van der Waals surface area contributed by atoms with Crippen LogP contribution in [0.25, 0.3) is 0 Å². The van der Waals surface area contributed by atoms with E-state index in [1.165, 1.54) is 0 Å². The minimum absolute atomic E-state index is 0.177. The summed E-state index contributed by atoms with van der Waals surface area (Å²) >= 11 is 0.